The molecule has 6 nitrogen and oxygen atoms in total. The molecule has 1 aliphatic heterocycles. The molecule has 0 saturated carbocycles. The van der Waals surface area contributed by atoms with Crippen molar-refractivity contribution in [2.45, 2.75) is 19.8 Å². The second-order valence-electron chi connectivity index (χ2n) is 9.10. The normalized spacial score (nSPS) is 16.6. The van der Waals surface area contributed by atoms with Crippen LogP contribution in [0.3, 0.4) is 0 Å². The molecule has 1 atom stereocenters. The van der Waals surface area contributed by atoms with Crippen molar-refractivity contribution in [2.24, 2.45) is 5.92 Å². The molecular formula is C28H27N3O3. The first-order chi connectivity index (χ1) is 16.5. The number of carbonyl (C=O) groups excluding carboxylic acids is 3. The molecule has 2 N–H and O–H groups in total. The van der Waals surface area contributed by atoms with Gasteiger partial charge in [0, 0.05) is 42.0 Å². The number of fused-ring (bicyclic) bond motifs is 3. The molecule has 1 saturated heterocycles. The van der Waals surface area contributed by atoms with Crippen molar-refractivity contribution in [3.8, 4) is 11.1 Å². The highest BCUT2D eigenvalue weighted by Gasteiger charge is 2.29. The van der Waals surface area contributed by atoms with Crippen molar-refractivity contribution >= 4 is 23.4 Å². The molecule has 0 bridgehead atoms. The van der Waals surface area contributed by atoms with Gasteiger partial charge in [0.15, 0.2) is 5.78 Å². The van der Waals surface area contributed by atoms with Gasteiger partial charge in [0.05, 0.1) is 0 Å². The molecule has 34 heavy (non-hydrogen) atoms. The maximum Gasteiger partial charge on any atom is 0.319 e. The molecule has 1 aliphatic carbocycles. The fourth-order valence-corrected chi connectivity index (χ4v) is 4.81. The van der Waals surface area contributed by atoms with Crippen LogP contribution >= 0.6 is 0 Å². The van der Waals surface area contributed by atoms with E-state index >= 15 is 0 Å². The number of carbonyl (C=O) groups is 3. The van der Waals surface area contributed by atoms with E-state index in [0.717, 1.165) is 35.2 Å². The fraction of sp³-hybridized carbons (Fsp3) is 0.250. The van der Waals surface area contributed by atoms with Gasteiger partial charge in [0.1, 0.15) is 0 Å². The SMILES string of the molecule is Cc1ccc(NC(=O)NCC2CCCN(C(=O)c3ccc4c(c3)C(=O)c3ccccc3-4)C2)cc1. The molecule has 5 rings (SSSR count). The van der Waals surface area contributed by atoms with Crippen molar-refractivity contribution in [1.29, 1.82) is 0 Å². The Labute approximate surface area is 199 Å². The number of hydrogen-bond donors (Lipinski definition) is 2. The lowest BCUT2D eigenvalue weighted by Gasteiger charge is -2.33. The van der Waals surface area contributed by atoms with Crippen LogP contribution < -0.4 is 10.6 Å². The summed E-state index contributed by atoms with van der Waals surface area (Å²) in [5.41, 5.74) is 5.51. The summed E-state index contributed by atoms with van der Waals surface area (Å²) >= 11 is 0. The van der Waals surface area contributed by atoms with Crippen LogP contribution in [0.5, 0.6) is 0 Å². The van der Waals surface area contributed by atoms with E-state index in [9.17, 15) is 14.4 Å². The van der Waals surface area contributed by atoms with Crippen LogP contribution in [-0.2, 0) is 0 Å². The number of anilines is 1. The number of hydrogen-bond acceptors (Lipinski definition) is 3. The van der Waals surface area contributed by atoms with Gasteiger partial charge in [-0.2, -0.15) is 0 Å². The van der Waals surface area contributed by atoms with Gasteiger partial charge < -0.3 is 15.5 Å². The van der Waals surface area contributed by atoms with Gasteiger partial charge in [-0.05, 0) is 61.1 Å². The second kappa shape index (κ2) is 9.14. The molecule has 3 amide bonds. The number of nitrogens with zero attached hydrogens (tertiary/aromatic N) is 1. The van der Waals surface area contributed by atoms with E-state index in [0.29, 0.717) is 36.3 Å². The standard InChI is InChI=1S/C28H27N3O3/c1-18-8-11-21(12-9-18)30-28(34)29-16-19-5-4-14-31(17-19)27(33)20-10-13-23-22-6-2-3-7-24(22)26(32)25(23)15-20/h2-3,6-13,15,19H,4-5,14,16-17H2,1H3,(H2,29,30,34). The number of ketones is 1. The zero-order valence-electron chi connectivity index (χ0n) is 19.1. The lowest BCUT2D eigenvalue weighted by atomic mass is 9.96. The summed E-state index contributed by atoms with van der Waals surface area (Å²) in [5, 5.41) is 5.77. The molecule has 1 heterocycles. The van der Waals surface area contributed by atoms with E-state index in [1.807, 2.05) is 72.5 Å². The van der Waals surface area contributed by atoms with Gasteiger partial charge in [-0.15, -0.1) is 0 Å². The Morgan fingerprint density at radius 1 is 0.941 bits per heavy atom. The Morgan fingerprint density at radius 3 is 2.47 bits per heavy atom. The van der Waals surface area contributed by atoms with E-state index in [1.165, 1.54) is 0 Å². The van der Waals surface area contributed by atoms with Gasteiger partial charge in [0.25, 0.3) is 5.91 Å². The van der Waals surface area contributed by atoms with E-state index < -0.39 is 0 Å². The van der Waals surface area contributed by atoms with E-state index in [1.54, 1.807) is 6.07 Å². The minimum absolute atomic E-state index is 0.0273. The molecule has 1 fully saturated rings. The Kier molecular flexibility index (Phi) is 5.88. The van der Waals surface area contributed by atoms with E-state index in [-0.39, 0.29) is 23.6 Å². The summed E-state index contributed by atoms with van der Waals surface area (Å²) in [5.74, 6) is 0.0858. The van der Waals surface area contributed by atoms with Crippen molar-refractivity contribution in [3.05, 3.63) is 89.0 Å². The van der Waals surface area contributed by atoms with Crippen molar-refractivity contribution in [1.82, 2.24) is 10.2 Å². The zero-order valence-corrected chi connectivity index (χ0v) is 19.1. The number of aryl methyl sites for hydroxylation is 1. The quantitative estimate of drug-likeness (QED) is 0.462. The summed E-state index contributed by atoms with van der Waals surface area (Å²) in [6.45, 7) is 3.75. The molecule has 0 aromatic heterocycles. The molecule has 172 valence electrons. The molecule has 3 aromatic carbocycles. The van der Waals surface area contributed by atoms with Gasteiger partial charge in [0.2, 0.25) is 0 Å². The summed E-state index contributed by atoms with van der Waals surface area (Å²) in [6.07, 6.45) is 1.83. The monoisotopic (exact) mass is 453 g/mol. The smallest absolute Gasteiger partial charge is 0.319 e. The van der Waals surface area contributed by atoms with Crippen LogP contribution in [0.1, 0.15) is 44.7 Å². The average Bonchev–Trinajstić information content (AvgIpc) is 3.15. The minimum Gasteiger partial charge on any atom is -0.338 e. The fourth-order valence-electron chi connectivity index (χ4n) is 4.81. The van der Waals surface area contributed by atoms with Crippen LogP contribution in [0.25, 0.3) is 11.1 Å². The molecule has 2 aliphatic rings. The lowest BCUT2D eigenvalue weighted by Crippen LogP contribution is -2.44. The topological polar surface area (TPSA) is 78.5 Å². The largest absolute Gasteiger partial charge is 0.338 e. The van der Waals surface area contributed by atoms with Gasteiger partial charge in [-0.1, -0.05) is 48.0 Å². The van der Waals surface area contributed by atoms with Crippen molar-refractivity contribution in [3.63, 3.8) is 0 Å². The summed E-state index contributed by atoms with van der Waals surface area (Å²) < 4.78 is 0. The number of amides is 3. The zero-order chi connectivity index (χ0) is 23.7. The van der Waals surface area contributed by atoms with Gasteiger partial charge in [-0.3, -0.25) is 9.59 Å². The Morgan fingerprint density at radius 2 is 1.68 bits per heavy atom. The van der Waals surface area contributed by atoms with Gasteiger partial charge >= 0.3 is 6.03 Å². The minimum atomic E-state index is -0.246. The van der Waals surface area contributed by atoms with E-state index in [4.69, 9.17) is 0 Å². The molecule has 0 spiro atoms. The molecular weight excluding hydrogens is 426 g/mol. The maximum absolute atomic E-state index is 13.2. The molecule has 1 unspecified atom stereocenters. The highest BCUT2D eigenvalue weighted by molar-refractivity contribution is 6.22. The van der Waals surface area contributed by atoms with Crippen LogP contribution in [0.15, 0.2) is 66.7 Å². The highest BCUT2D eigenvalue weighted by atomic mass is 16.2. The Balaban J connectivity index is 1.20. The number of urea groups is 1. The number of nitrogens with one attached hydrogen (secondary N) is 2. The van der Waals surface area contributed by atoms with Crippen LogP contribution in [-0.4, -0.2) is 42.3 Å². The van der Waals surface area contributed by atoms with Crippen LogP contribution in [0, 0.1) is 12.8 Å². The number of benzene rings is 3. The third-order valence-corrected chi connectivity index (χ3v) is 6.64. The summed E-state index contributed by atoms with van der Waals surface area (Å²) in [6, 6.07) is 20.4. The first-order valence-corrected chi connectivity index (χ1v) is 11.7. The number of piperidine rings is 1. The summed E-state index contributed by atoms with van der Waals surface area (Å²) in [4.78, 5) is 40.2. The predicted molar refractivity (Wildman–Crippen MR) is 132 cm³/mol. The van der Waals surface area contributed by atoms with Crippen molar-refractivity contribution < 1.29 is 14.4 Å². The van der Waals surface area contributed by atoms with Crippen LogP contribution in [0.4, 0.5) is 10.5 Å². The Bertz CT molecular complexity index is 1270. The number of rotatable bonds is 4. The third-order valence-electron chi connectivity index (χ3n) is 6.64. The first-order valence-electron chi connectivity index (χ1n) is 11.7. The van der Waals surface area contributed by atoms with E-state index in [2.05, 4.69) is 10.6 Å². The summed E-state index contributed by atoms with van der Waals surface area (Å²) in [7, 11) is 0. The lowest BCUT2D eigenvalue weighted by molar-refractivity contribution is 0.0675. The van der Waals surface area contributed by atoms with Crippen LogP contribution in [0.2, 0.25) is 0 Å². The maximum atomic E-state index is 13.2. The predicted octanol–water partition coefficient (Wildman–Crippen LogP) is 4.88. The highest BCUT2D eigenvalue weighted by Crippen LogP contribution is 2.37. The Hall–Kier alpha value is -3.93. The van der Waals surface area contributed by atoms with Crippen molar-refractivity contribution in [2.75, 3.05) is 25.0 Å². The molecule has 0 radical (unpaired) electrons. The first kappa shape index (κ1) is 21.9. The average molecular weight is 454 g/mol. The second-order valence-corrected chi connectivity index (χ2v) is 9.10. The third kappa shape index (κ3) is 4.31. The molecule has 3 aromatic rings. The number of likely N-dealkylation sites (tertiary alicyclic amines) is 1. The van der Waals surface area contributed by atoms with Gasteiger partial charge in [-0.25, -0.2) is 4.79 Å². The molecule has 6 heteroatoms.